The van der Waals surface area contributed by atoms with Crippen molar-refractivity contribution in [1.82, 2.24) is 0 Å². The Labute approximate surface area is 77.0 Å². The molecule has 0 aromatic heterocycles. The molecule has 0 spiro atoms. The number of hydrogen-bond acceptors (Lipinski definition) is 3. The zero-order valence-electron chi connectivity index (χ0n) is 7.70. The normalized spacial score (nSPS) is 9.69. The molecular weight excluding hydrogens is 168 g/mol. The summed E-state index contributed by atoms with van der Waals surface area (Å²) >= 11 is 0. The number of carbonyl (C=O) groups excluding carboxylic acids is 1. The second-order valence-corrected chi connectivity index (χ2v) is 2.75. The van der Waals surface area contributed by atoms with Crippen LogP contribution in [0.4, 0.5) is 0 Å². The third kappa shape index (κ3) is 2.21. The van der Waals surface area contributed by atoms with Crippen molar-refractivity contribution < 1.29 is 14.6 Å². The maximum Gasteiger partial charge on any atom is 0.311 e. The van der Waals surface area contributed by atoms with Gasteiger partial charge in [0.15, 0.2) is 11.5 Å². The summed E-state index contributed by atoms with van der Waals surface area (Å²) in [5, 5.41) is 9.36. The monoisotopic (exact) mass is 180 g/mol. The van der Waals surface area contributed by atoms with Crippen molar-refractivity contribution >= 4 is 5.97 Å². The molecule has 0 fully saturated rings. The Hall–Kier alpha value is -1.51. The molecular formula is C10H12O3. The number of carbonyl (C=O) groups is 1. The van der Waals surface area contributed by atoms with Crippen molar-refractivity contribution in [2.75, 3.05) is 0 Å². The van der Waals surface area contributed by atoms with Gasteiger partial charge in [-0.1, -0.05) is 19.1 Å². The number of aryl methyl sites for hydroxylation is 1. The van der Waals surface area contributed by atoms with E-state index in [9.17, 15) is 9.90 Å². The van der Waals surface area contributed by atoms with Crippen LogP contribution in [-0.2, 0) is 4.79 Å². The predicted octanol–water partition coefficient (Wildman–Crippen LogP) is 2.02. The number of ether oxygens (including phenoxy) is 1. The Morgan fingerprint density at radius 1 is 1.54 bits per heavy atom. The average Bonchev–Trinajstić information content (AvgIpc) is 2.11. The van der Waals surface area contributed by atoms with Gasteiger partial charge in [-0.3, -0.25) is 4.79 Å². The standard InChI is InChI=1S/C10H12O3/c1-3-9(12)13-10-7(2)5-4-6-8(10)11/h4-6,11H,3H2,1-2H3. The summed E-state index contributed by atoms with van der Waals surface area (Å²) in [6.07, 6.45) is 0.299. The molecule has 3 nitrogen and oxygen atoms in total. The first-order valence-corrected chi connectivity index (χ1v) is 4.14. The Balaban J connectivity index is 2.93. The van der Waals surface area contributed by atoms with E-state index in [1.807, 2.05) is 0 Å². The molecule has 0 atom stereocenters. The largest absolute Gasteiger partial charge is 0.504 e. The van der Waals surface area contributed by atoms with Crippen LogP contribution in [0.1, 0.15) is 18.9 Å². The summed E-state index contributed by atoms with van der Waals surface area (Å²) in [6, 6.07) is 4.97. The Bertz CT molecular complexity index is 298. The predicted molar refractivity (Wildman–Crippen MR) is 48.8 cm³/mol. The lowest BCUT2D eigenvalue weighted by Crippen LogP contribution is -2.06. The fourth-order valence-electron chi connectivity index (χ4n) is 0.956. The second-order valence-electron chi connectivity index (χ2n) is 2.75. The first kappa shape index (κ1) is 9.58. The van der Waals surface area contributed by atoms with E-state index >= 15 is 0 Å². The third-order valence-corrected chi connectivity index (χ3v) is 1.70. The zero-order chi connectivity index (χ0) is 9.84. The van der Waals surface area contributed by atoms with Crippen LogP contribution in [0.5, 0.6) is 11.5 Å². The van der Waals surface area contributed by atoms with Crippen LogP contribution in [0.2, 0.25) is 0 Å². The van der Waals surface area contributed by atoms with Crippen molar-refractivity contribution in [3.05, 3.63) is 23.8 Å². The topological polar surface area (TPSA) is 46.5 Å². The summed E-state index contributed by atoms with van der Waals surface area (Å²) in [5.74, 6) is -0.0826. The Morgan fingerprint density at radius 3 is 2.77 bits per heavy atom. The summed E-state index contributed by atoms with van der Waals surface area (Å²) in [6.45, 7) is 3.48. The van der Waals surface area contributed by atoms with Crippen LogP contribution < -0.4 is 4.74 Å². The van der Waals surface area contributed by atoms with Gasteiger partial charge in [-0.2, -0.15) is 0 Å². The molecule has 0 saturated heterocycles. The summed E-state index contributed by atoms with van der Waals surface area (Å²) < 4.78 is 4.94. The highest BCUT2D eigenvalue weighted by molar-refractivity contribution is 5.73. The van der Waals surface area contributed by atoms with Gasteiger partial charge in [0.25, 0.3) is 0 Å². The van der Waals surface area contributed by atoms with E-state index < -0.39 is 0 Å². The molecule has 0 aliphatic rings. The number of aromatic hydroxyl groups is 1. The van der Waals surface area contributed by atoms with Crippen LogP contribution in [0.25, 0.3) is 0 Å². The van der Waals surface area contributed by atoms with Crippen LogP contribution >= 0.6 is 0 Å². The molecule has 0 heterocycles. The first-order valence-electron chi connectivity index (χ1n) is 4.14. The molecule has 1 aromatic rings. The van der Waals surface area contributed by atoms with Gasteiger partial charge >= 0.3 is 5.97 Å². The number of phenols is 1. The summed E-state index contributed by atoms with van der Waals surface area (Å²) in [7, 11) is 0. The molecule has 0 aliphatic carbocycles. The lowest BCUT2D eigenvalue weighted by Gasteiger charge is -2.07. The number of para-hydroxylation sites is 1. The molecule has 0 unspecified atom stereocenters. The van der Waals surface area contributed by atoms with E-state index in [1.165, 1.54) is 6.07 Å². The number of hydrogen-bond donors (Lipinski definition) is 1. The zero-order valence-corrected chi connectivity index (χ0v) is 7.70. The SMILES string of the molecule is CCC(=O)Oc1c(C)cccc1O. The molecule has 13 heavy (non-hydrogen) atoms. The molecule has 0 saturated carbocycles. The fraction of sp³-hybridized carbons (Fsp3) is 0.300. The van der Waals surface area contributed by atoms with Crippen molar-refractivity contribution in [2.45, 2.75) is 20.3 Å². The van der Waals surface area contributed by atoms with Crippen LogP contribution in [0.15, 0.2) is 18.2 Å². The van der Waals surface area contributed by atoms with E-state index in [4.69, 9.17) is 4.74 Å². The molecule has 1 N–H and O–H groups in total. The van der Waals surface area contributed by atoms with Crippen molar-refractivity contribution in [2.24, 2.45) is 0 Å². The van der Waals surface area contributed by atoms with Crippen LogP contribution in [0, 0.1) is 6.92 Å². The van der Waals surface area contributed by atoms with Gasteiger partial charge in [-0.25, -0.2) is 0 Å². The number of benzene rings is 1. The second kappa shape index (κ2) is 3.94. The highest BCUT2D eigenvalue weighted by atomic mass is 16.5. The molecule has 70 valence electrons. The van der Waals surface area contributed by atoms with Gasteiger partial charge in [-0.05, 0) is 18.6 Å². The highest BCUT2D eigenvalue weighted by Gasteiger charge is 2.08. The van der Waals surface area contributed by atoms with Crippen LogP contribution in [-0.4, -0.2) is 11.1 Å². The van der Waals surface area contributed by atoms with Crippen molar-refractivity contribution in [1.29, 1.82) is 0 Å². The maximum atomic E-state index is 11.0. The number of phenolic OH excluding ortho intramolecular Hbond substituents is 1. The minimum absolute atomic E-state index is 0.00167. The van der Waals surface area contributed by atoms with E-state index in [-0.39, 0.29) is 17.5 Å². The van der Waals surface area contributed by atoms with Gasteiger partial charge in [0.05, 0.1) is 0 Å². The lowest BCUT2D eigenvalue weighted by molar-refractivity contribution is -0.134. The minimum Gasteiger partial charge on any atom is -0.504 e. The third-order valence-electron chi connectivity index (χ3n) is 1.70. The van der Waals surface area contributed by atoms with Crippen molar-refractivity contribution in [3.8, 4) is 11.5 Å². The van der Waals surface area contributed by atoms with E-state index in [0.29, 0.717) is 6.42 Å². The maximum absolute atomic E-state index is 11.0. The van der Waals surface area contributed by atoms with E-state index in [2.05, 4.69) is 0 Å². The van der Waals surface area contributed by atoms with Gasteiger partial charge in [0, 0.05) is 6.42 Å². The highest BCUT2D eigenvalue weighted by Crippen LogP contribution is 2.29. The molecule has 1 aromatic carbocycles. The molecule has 3 heteroatoms. The molecule has 1 rings (SSSR count). The first-order chi connectivity index (χ1) is 6.15. The van der Waals surface area contributed by atoms with E-state index in [1.54, 1.807) is 26.0 Å². The molecule has 0 bridgehead atoms. The minimum atomic E-state index is -0.343. The number of esters is 1. The van der Waals surface area contributed by atoms with Crippen molar-refractivity contribution in [3.63, 3.8) is 0 Å². The van der Waals surface area contributed by atoms with Gasteiger partial charge in [0.1, 0.15) is 0 Å². The molecule has 0 radical (unpaired) electrons. The van der Waals surface area contributed by atoms with Gasteiger partial charge in [-0.15, -0.1) is 0 Å². The van der Waals surface area contributed by atoms with Crippen LogP contribution in [0.3, 0.4) is 0 Å². The summed E-state index contributed by atoms with van der Waals surface area (Å²) in [5.41, 5.74) is 0.752. The average molecular weight is 180 g/mol. The lowest BCUT2D eigenvalue weighted by atomic mass is 10.2. The van der Waals surface area contributed by atoms with E-state index in [0.717, 1.165) is 5.56 Å². The molecule has 0 aliphatic heterocycles. The number of rotatable bonds is 2. The smallest absolute Gasteiger partial charge is 0.311 e. The Morgan fingerprint density at radius 2 is 2.23 bits per heavy atom. The fourth-order valence-corrected chi connectivity index (χ4v) is 0.956. The Kier molecular flexibility index (Phi) is 2.90. The van der Waals surface area contributed by atoms with Gasteiger partial charge in [0.2, 0.25) is 0 Å². The molecule has 0 amide bonds. The quantitative estimate of drug-likeness (QED) is 0.559. The van der Waals surface area contributed by atoms with Gasteiger partial charge < -0.3 is 9.84 Å². The summed E-state index contributed by atoms with van der Waals surface area (Å²) in [4.78, 5) is 11.0.